The van der Waals surface area contributed by atoms with Crippen LogP contribution in [0.1, 0.15) is 30.4 Å². The summed E-state index contributed by atoms with van der Waals surface area (Å²) in [6.45, 7) is 0.655. The largest absolute Gasteiger partial charge is 0.362 e. The Morgan fingerprint density at radius 3 is 3.26 bits per heavy atom. The molecule has 0 amide bonds. The van der Waals surface area contributed by atoms with E-state index in [0.717, 1.165) is 16.6 Å². The van der Waals surface area contributed by atoms with Crippen molar-refractivity contribution >= 4 is 16.9 Å². The first-order valence-corrected chi connectivity index (χ1v) is 7.76. The smallest absolute Gasteiger partial charge is 0.157 e. The fraction of sp³-hybridized carbons (Fsp3) is 0.467. The lowest BCUT2D eigenvalue weighted by atomic mass is 10.1. The maximum Gasteiger partial charge on any atom is 0.157 e. The number of hydrogen-bond donors (Lipinski definition) is 1. The summed E-state index contributed by atoms with van der Waals surface area (Å²) < 4.78 is 0. The molecule has 1 saturated carbocycles. The number of hydrogen-bond acceptors (Lipinski definition) is 3. The summed E-state index contributed by atoms with van der Waals surface area (Å²) in [5, 5.41) is 13.5. The first-order chi connectivity index (χ1) is 9.35. The number of nitrogens with one attached hydrogen (secondary N) is 1. The van der Waals surface area contributed by atoms with E-state index in [4.69, 9.17) is 5.26 Å². The fourth-order valence-electron chi connectivity index (χ4n) is 2.81. The summed E-state index contributed by atoms with van der Waals surface area (Å²) in [4.78, 5) is 4.65. The van der Waals surface area contributed by atoms with Crippen LogP contribution in [0.5, 0.6) is 0 Å². The van der Waals surface area contributed by atoms with Crippen molar-refractivity contribution < 1.29 is 0 Å². The lowest BCUT2D eigenvalue weighted by molar-refractivity contribution is 0.489. The van der Waals surface area contributed by atoms with Crippen molar-refractivity contribution in [3.63, 3.8) is 0 Å². The van der Waals surface area contributed by atoms with Crippen LogP contribution in [-0.2, 0) is 6.54 Å². The Bertz CT molecular complexity index is 532. The van der Waals surface area contributed by atoms with Gasteiger partial charge in [-0.25, -0.2) is 0 Å². The number of fused-ring (bicyclic) bond motifs is 1. The van der Waals surface area contributed by atoms with E-state index >= 15 is 0 Å². The van der Waals surface area contributed by atoms with Crippen LogP contribution < -0.4 is 5.32 Å². The standard InChI is InChI=1S/C15H17N3S/c16-8-11-3-1-4-12(7-11)9-17-15-18-14-6-2-5-13(14)10-19-15/h1,3-4,7,13-14H,2,5-6,9-10H2,(H,17,18). The van der Waals surface area contributed by atoms with Gasteiger partial charge in [0.25, 0.3) is 0 Å². The summed E-state index contributed by atoms with van der Waals surface area (Å²) >= 11 is 1.84. The van der Waals surface area contributed by atoms with Gasteiger partial charge in [0.2, 0.25) is 0 Å². The Hall–Kier alpha value is -1.47. The van der Waals surface area contributed by atoms with E-state index in [0.29, 0.717) is 18.2 Å². The van der Waals surface area contributed by atoms with E-state index in [1.807, 2.05) is 36.0 Å². The Morgan fingerprint density at radius 1 is 1.42 bits per heavy atom. The number of benzene rings is 1. The van der Waals surface area contributed by atoms with Crippen molar-refractivity contribution in [3.8, 4) is 6.07 Å². The average molecular weight is 271 g/mol. The van der Waals surface area contributed by atoms with Gasteiger partial charge in [-0.3, -0.25) is 4.99 Å². The number of aliphatic imine (C=N–C) groups is 1. The molecule has 0 radical (unpaired) electrons. The second kappa shape index (κ2) is 5.66. The maximum atomic E-state index is 8.88. The minimum Gasteiger partial charge on any atom is -0.362 e. The molecule has 2 unspecified atom stereocenters. The molecule has 0 aromatic heterocycles. The normalized spacial score (nSPS) is 27.6. The molecule has 3 nitrogen and oxygen atoms in total. The molecule has 1 saturated heterocycles. The summed E-state index contributed by atoms with van der Waals surface area (Å²) in [5.74, 6) is 2.04. The van der Waals surface area contributed by atoms with Gasteiger partial charge in [0.15, 0.2) is 5.17 Å². The van der Waals surface area contributed by atoms with E-state index < -0.39 is 0 Å². The van der Waals surface area contributed by atoms with Crippen molar-refractivity contribution in [2.24, 2.45) is 10.9 Å². The lowest BCUT2D eigenvalue weighted by Crippen LogP contribution is -2.41. The molecule has 3 rings (SSSR count). The Kier molecular flexibility index (Phi) is 3.74. The van der Waals surface area contributed by atoms with Crippen LogP contribution in [0.15, 0.2) is 29.3 Å². The van der Waals surface area contributed by atoms with Gasteiger partial charge in [0, 0.05) is 11.8 Å². The molecule has 1 aromatic carbocycles. The molecule has 2 atom stereocenters. The van der Waals surface area contributed by atoms with E-state index in [9.17, 15) is 0 Å². The van der Waals surface area contributed by atoms with Crippen molar-refractivity contribution in [3.05, 3.63) is 35.4 Å². The van der Waals surface area contributed by atoms with Crippen LogP contribution in [-0.4, -0.2) is 17.0 Å². The molecule has 4 heteroatoms. The zero-order chi connectivity index (χ0) is 13.1. The van der Waals surface area contributed by atoms with E-state index in [-0.39, 0.29) is 0 Å². The molecular weight excluding hydrogens is 254 g/mol. The molecule has 1 N–H and O–H groups in total. The van der Waals surface area contributed by atoms with Crippen molar-refractivity contribution in [2.45, 2.75) is 31.8 Å². The Balaban J connectivity index is 1.64. The van der Waals surface area contributed by atoms with Crippen LogP contribution >= 0.6 is 11.8 Å². The Labute approximate surface area is 118 Å². The van der Waals surface area contributed by atoms with Crippen LogP contribution in [0.25, 0.3) is 0 Å². The highest BCUT2D eigenvalue weighted by Gasteiger charge is 2.31. The number of nitriles is 1. The predicted molar refractivity (Wildman–Crippen MR) is 79.0 cm³/mol. The average Bonchev–Trinajstić information content (AvgIpc) is 2.93. The second-order valence-electron chi connectivity index (χ2n) is 5.19. The van der Waals surface area contributed by atoms with Gasteiger partial charge in [-0.2, -0.15) is 5.26 Å². The monoisotopic (exact) mass is 271 g/mol. The molecule has 98 valence electrons. The minimum atomic E-state index is 0.644. The van der Waals surface area contributed by atoms with Crippen molar-refractivity contribution in [1.29, 1.82) is 5.26 Å². The van der Waals surface area contributed by atoms with Gasteiger partial charge in [-0.05, 0) is 36.5 Å². The van der Waals surface area contributed by atoms with E-state index in [2.05, 4.69) is 16.4 Å². The molecule has 1 aliphatic heterocycles. The quantitative estimate of drug-likeness (QED) is 0.899. The third-order valence-corrected chi connectivity index (χ3v) is 4.98. The molecular formula is C15H17N3S. The molecule has 0 bridgehead atoms. The third-order valence-electron chi connectivity index (χ3n) is 3.86. The van der Waals surface area contributed by atoms with Crippen LogP contribution in [0.4, 0.5) is 0 Å². The Morgan fingerprint density at radius 2 is 2.37 bits per heavy atom. The van der Waals surface area contributed by atoms with E-state index in [1.165, 1.54) is 25.0 Å². The summed E-state index contributed by atoms with van der Waals surface area (Å²) in [6.07, 6.45) is 4.00. The zero-order valence-corrected chi connectivity index (χ0v) is 11.6. The molecule has 19 heavy (non-hydrogen) atoms. The lowest BCUT2D eigenvalue weighted by Gasteiger charge is -2.28. The summed E-state index contributed by atoms with van der Waals surface area (Å²) in [5.41, 5.74) is 1.81. The SMILES string of the molecule is N#Cc1cccc(CN=C2NC3CCCC3CS2)c1. The van der Waals surface area contributed by atoms with Gasteiger partial charge >= 0.3 is 0 Å². The molecule has 0 spiro atoms. The van der Waals surface area contributed by atoms with Gasteiger partial charge in [0.05, 0.1) is 18.2 Å². The maximum absolute atomic E-state index is 8.88. The van der Waals surface area contributed by atoms with Crippen LogP contribution in [0.3, 0.4) is 0 Å². The highest BCUT2D eigenvalue weighted by molar-refractivity contribution is 8.13. The minimum absolute atomic E-state index is 0.644. The van der Waals surface area contributed by atoms with Crippen LogP contribution in [0.2, 0.25) is 0 Å². The van der Waals surface area contributed by atoms with Crippen molar-refractivity contribution in [2.75, 3.05) is 5.75 Å². The van der Waals surface area contributed by atoms with Gasteiger partial charge in [-0.15, -0.1) is 0 Å². The van der Waals surface area contributed by atoms with E-state index in [1.54, 1.807) is 0 Å². The molecule has 2 fully saturated rings. The van der Waals surface area contributed by atoms with Crippen LogP contribution in [0, 0.1) is 17.2 Å². The predicted octanol–water partition coefficient (Wildman–Crippen LogP) is 2.92. The van der Waals surface area contributed by atoms with Gasteiger partial charge < -0.3 is 5.32 Å². The first-order valence-electron chi connectivity index (χ1n) is 6.78. The molecule has 2 aliphatic rings. The summed E-state index contributed by atoms with van der Waals surface area (Å²) in [6, 6.07) is 10.5. The number of amidine groups is 1. The topological polar surface area (TPSA) is 48.2 Å². The van der Waals surface area contributed by atoms with Gasteiger partial charge in [-0.1, -0.05) is 30.3 Å². The summed E-state index contributed by atoms with van der Waals surface area (Å²) in [7, 11) is 0. The highest BCUT2D eigenvalue weighted by atomic mass is 32.2. The third kappa shape index (κ3) is 2.93. The van der Waals surface area contributed by atoms with Gasteiger partial charge in [0.1, 0.15) is 0 Å². The molecule has 1 heterocycles. The number of nitrogens with zero attached hydrogens (tertiary/aromatic N) is 2. The number of thioether (sulfide) groups is 1. The van der Waals surface area contributed by atoms with Crippen molar-refractivity contribution in [1.82, 2.24) is 5.32 Å². The first kappa shape index (κ1) is 12.6. The molecule has 1 aliphatic carbocycles. The molecule has 1 aromatic rings. The second-order valence-corrected chi connectivity index (χ2v) is 6.20. The number of rotatable bonds is 2. The zero-order valence-electron chi connectivity index (χ0n) is 10.8. The highest BCUT2D eigenvalue weighted by Crippen LogP contribution is 2.32. The fourth-order valence-corrected chi connectivity index (χ4v) is 3.97.